The first kappa shape index (κ1) is 22.3. The molecule has 7 heteroatoms. The summed E-state index contributed by atoms with van der Waals surface area (Å²) in [6.45, 7) is 0.778. The minimum atomic E-state index is -0.269. The first-order valence-corrected chi connectivity index (χ1v) is 6.28. The third kappa shape index (κ3) is 15.3. The molecule has 0 atom stereocenters. The number of aromatic nitrogens is 3. The van der Waals surface area contributed by atoms with Gasteiger partial charge in [-0.15, -0.1) is 0 Å². The fraction of sp³-hybridized carbons (Fsp3) is 0.250. The monoisotopic (exact) mass is 319 g/mol. The highest BCUT2D eigenvalue weighted by atomic mass is 16.3. The molecule has 0 amide bonds. The standard InChI is InChI=1S/C5H6.C4H4O.C3H4N2.C2H3N3O.2CH4/c3*1-2-4-5-3-1;6-2-3-1-4-5-2;;/h1-4H,5H2;1-4H;1-2H,3H2;1H,(H2,3,4,5,6);2*1H4. The lowest BCUT2D eigenvalue weighted by molar-refractivity contribution is 0.567. The van der Waals surface area contributed by atoms with Crippen LogP contribution in [-0.2, 0) is 0 Å². The van der Waals surface area contributed by atoms with E-state index in [4.69, 9.17) is 0 Å². The Labute approximate surface area is 136 Å². The molecule has 23 heavy (non-hydrogen) atoms. The van der Waals surface area contributed by atoms with Crippen LogP contribution in [0.1, 0.15) is 21.3 Å². The van der Waals surface area contributed by atoms with Crippen LogP contribution in [0.25, 0.3) is 0 Å². The molecule has 2 aromatic rings. The smallest absolute Gasteiger partial charge is 0.340 e. The predicted octanol–water partition coefficient (Wildman–Crippen LogP) is 4.12. The van der Waals surface area contributed by atoms with Crippen LogP contribution in [0.5, 0.6) is 0 Å². The number of azo groups is 1. The molecular formula is C16H25N5O2. The van der Waals surface area contributed by atoms with E-state index in [0.29, 0.717) is 0 Å². The van der Waals surface area contributed by atoms with Crippen LogP contribution < -0.4 is 5.69 Å². The van der Waals surface area contributed by atoms with Crippen molar-refractivity contribution in [3.8, 4) is 0 Å². The Morgan fingerprint density at radius 1 is 1.04 bits per heavy atom. The maximum absolute atomic E-state index is 9.90. The molecule has 0 unspecified atom stereocenters. The Kier molecular flexibility index (Phi) is 16.6. The van der Waals surface area contributed by atoms with Gasteiger partial charge in [0, 0.05) is 6.20 Å². The molecule has 7 nitrogen and oxygen atoms in total. The van der Waals surface area contributed by atoms with E-state index < -0.39 is 0 Å². The van der Waals surface area contributed by atoms with Crippen LogP contribution in [0.3, 0.4) is 0 Å². The number of hydrogen-bond donors (Lipinski definition) is 2. The van der Waals surface area contributed by atoms with Crippen molar-refractivity contribution in [1.29, 1.82) is 0 Å². The van der Waals surface area contributed by atoms with Crippen molar-refractivity contribution in [2.24, 2.45) is 10.2 Å². The van der Waals surface area contributed by atoms with Gasteiger partial charge in [0.25, 0.3) is 0 Å². The zero-order valence-electron chi connectivity index (χ0n) is 11.4. The number of furan rings is 1. The molecule has 0 saturated heterocycles. The summed E-state index contributed by atoms with van der Waals surface area (Å²) in [5.41, 5.74) is -0.269. The average Bonchev–Trinajstić information content (AvgIpc) is 3.28. The van der Waals surface area contributed by atoms with Crippen LogP contribution in [0.2, 0.25) is 0 Å². The Bertz CT molecular complexity index is 530. The molecule has 0 spiro atoms. The minimum absolute atomic E-state index is 0. The first-order chi connectivity index (χ1) is 10.4. The maximum Gasteiger partial charge on any atom is 0.340 e. The lowest BCUT2D eigenvalue weighted by atomic mass is 10.5. The van der Waals surface area contributed by atoms with E-state index in [1.54, 1.807) is 18.7 Å². The number of allylic oxidation sites excluding steroid dienone is 4. The van der Waals surface area contributed by atoms with Crippen LogP contribution in [0.15, 0.2) is 87.0 Å². The Balaban J connectivity index is 0. The van der Waals surface area contributed by atoms with Crippen LogP contribution in [-0.4, -0.2) is 21.7 Å². The summed E-state index contributed by atoms with van der Waals surface area (Å²) in [6, 6.07) is 3.67. The van der Waals surface area contributed by atoms with Crippen molar-refractivity contribution in [3.05, 3.63) is 78.1 Å². The molecule has 3 heterocycles. The molecule has 126 valence electrons. The molecule has 1 aliphatic carbocycles. The molecule has 0 radical (unpaired) electrons. The topological polar surface area (TPSA) is 99.4 Å². The largest absolute Gasteiger partial charge is 0.473 e. The fourth-order valence-electron chi connectivity index (χ4n) is 1.07. The molecule has 0 aromatic carbocycles. The summed E-state index contributed by atoms with van der Waals surface area (Å²) in [5.74, 6) is 0. The van der Waals surface area contributed by atoms with Gasteiger partial charge in [0.05, 0.1) is 19.1 Å². The summed E-state index contributed by atoms with van der Waals surface area (Å²) in [5, 5.41) is 12.6. The molecule has 4 rings (SSSR count). The SMILES string of the molecule is C.C.C1=CCC=C1.C1=CN=NC1.O=c1[nH]cn[nH]1.c1ccoc1. The highest BCUT2D eigenvalue weighted by Crippen LogP contribution is 1.93. The minimum Gasteiger partial charge on any atom is -0.473 e. The number of nitrogens with one attached hydrogen (secondary N) is 2. The van der Waals surface area contributed by atoms with Gasteiger partial charge in [-0.2, -0.15) is 15.3 Å². The van der Waals surface area contributed by atoms with Gasteiger partial charge in [-0.1, -0.05) is 39.2 Å². The quantitative estimate of drug-likeness (QED) is 0.764. The van der Waals surface area contributed by atoms with Crippen molar-refractivity contribution >= 4 is 0 Å². The van der Waals surface area contributed by atoms with E-state index in [9.17, 15) is 4.79 Å². The summed E-state index contributed by atoms with van der Waals surface area (Å²) in [7, 11) is 0. The van der Waals surface area contributed by atoms with Gasteiger partial charge in [0.2, 0.25) is 0 Å². The van der Waals surface area contributed by atoms with E-state index in [1.807, 2.05) is 18.2 Å². The van der Waals surface area contributed by atoms with Crippen molar-refractivity contribution in [2.75, 3.05) is 6.54 Å². The molecular weight excluding hydrogens is 294 g/mol. The number of nitrogens with zero attached hydrogens (tertiary/aromatic N) is 3. The van der Waals surface area contributed by atoms with E-state index in [0.717, 1.165) is 13.0 Å². The number of aromatic amines is 2. The Morgan fingerprint density at radius 3 is 1.91 bits per heavy atom. The summed E-state index contributed by atoms with van der Waals surface area (Å²) >= 11 is 0. The van der Waals surface area contributed by atoms with Crippen molar-refractivity contribution in [1.82, 2.24) is 15.2 Å². The molecule has 0 saturated carbocycles. The van der Waals surface area contributed by atoms with Gasteiger partial charge >= 0.3 is 5.69 Å². The first-order valence-electron chi connectivity index (χ1n) is 6.28. The van der Waals surface area contributed by atoms with Gasteiger partial charge in [-0.05, 0) is 24.6 Å². The van der Waals surface area contributed by atoms with Gasteiger partial charge < -0.3 is 4.42 Å². The number of rotatable bonds is 0. The van der Waals surface area contributed by atoms with Crippen molar-refractivity contribution < 1.29 is 4.42 Å². The molecule has 2 aromatic heterocycles. The number of hydrogen-bond acceptors (Lipinski definition) is 5. The van der Waals surface area contributed by atoms with Crippen LogP contribution >= 0.6 is 0 Å². The van der Waals surface area contributed by atoms with E-state index in [1.165, 1.54) is 6.33 Å². The maximum atomic E-state index is 9.90. The zero-order valence-corrected chi connectivity index (χ0v) is 11.4. The Morgan fingerprint density at radius 2 is 1.74 bits per heavy atom. The highest BCUT2D eigenvalue weighted by molar-refractivity contribution is 5.11. The van der Waals surface area contributed by atoms with Crippen LogP contribution in [0.4, 0.5) is 0 Å². The average molecular weight is 319 g/mol. The van der Waals surface area contributed by atoms with Crippen molar-refractivity contribution in [2.45, 2.75) is 21.3 Å². The predicted molar refractivity (Wildman–Crippen MR) is 93.1 cm³/mol. The lowest BCUT2D eigenvalue weighted by Crippen LogP contribution is -1.99. The summed E-state index contributed by atoms with van der Waals surface area (Å²) in [4.78, 5) is 12.2. The second kappa shape index (κ2) is 17.1. The normalized spacial score (nSPS) is 11.7. The highest BCUT2D eigenvalue weighted by Gasteiger charge is 1.74. The molecule has 2 aliphatic rings. The van der Waals surface area contributed by atoms with Gasteiger partial charge in [-0.25, -0.2) is 9.89 Å². The van der Waals surface area contributed by atoms with Crippen molar-refractivity contribution in [3.63, 3.8) is 0 Å². The van der Waals surface area contributed by atoms with Crippen LogP contribution in [0, 0.1) is 0 Å². The Hall–Kier alpha value is -2.96. The second-order valence-electron chi connectivity index (χ2n) is 3.55. The fourth-order valence-corrected chi connectivity index (χ4v) is 1.07. The van der Waals surface area contributed by atoms with E-state index >= 15 is 0 Å². The zero-order chi connectivity index (χ0) is 15.0. The number of H-pyrrole nitrogens is 2. The van der Waals surface area contributed by atoms with Gasteiger partial charge in [0.15, 0.2) is 0 Å². The molecule has 0 fully saturated rings. The molecule has 0 bridgehead atoms. The molecule has 2 N–H and O–H groups in total. The van der Waals surface area contributed by atoms with E-state index in [2.05, 4.69) is 54.1 Å². The second-order valence-corrected chi connectivity index (χ2v) is 3.55. The third-order valence-electron chi connectivity index (χ3n) is 1.95. The summed E-state index contributed by atoms with van der Waals surface area (Å²) in [6.07, 6.45) is 17.6. The third-order valence-corrected chi connectivity index (χ3v) is 1.95. The molecule has 1 aliphatic heterocycles. The van der Waals surface area contributed by atoms with Gasteiger partial charge in [-0.3, -0.25) is 4.98 Å². The lowest BCUT2D eigenvalue weighted by Gasteiger charge is -1.57. The summed E-state index contributed by atoms with van der Waals surface area (Å²) < 4.78 is 4.58. The van der Waals surface area contributed by atoms with Gasteiger partial charge in [0.1, 0.15) is 6.33 Å². The van der Waals surface area contributed by atoms with E-state index in [-0.39, 0.29) is 20.5 Å².